The lowest BCUT2D eigenvalue weighted by molar-refractivity contribution is -0.111. The van der Waals surface area contributed by atoms with Crippen LogP contribution in [0.5, 0.6) is 0 Å². The van der Waals surface area contributed by atoms with Gasteiger partial charge in [0.25, 0.3) is 5.91 Å². The Bertz CT molecular complexity index is 1420. The van der Waals surface area contributed by atoms with Gasteiger partial charge >= 0.3 is 0 Å². The number of nitrogens with two attached hydrogens (primary N) is 1. The standard InChI is InChI=1S/C27H32N8O2S/c1-17-9-19(5-6-20(17)11-30-24(37)23-13-31-25(38-23)27(2,3)4)22-7-8-29-26(34-22)33-21-12-32-35(15-21)14-18(10-28)16-36/h5-9,12-13,15-16,18H,10-11,14,28H2,1-4H3,(H,30,37)(H,29,33,34)/t18-/m0/s1. The van der Waals surface area contributed by atoms with Crippen LogP contribution in [-0.2, 0) is 23.3 Å². The molecule has 0 saturated heterocycles. The first-order valence-electron chi connectivity index (χ1n) is 12.3. The Labute approximate surface area is 225 Å². The maximum atomic E-state index is 12.6. The molecule has 11 heteroatoms. The topological polar surface area (TPSA) is 141 Å². The minimum atomic E-state index is -0.282. The Morgan fingerprint density at radius 1 is 1.21 bits per heavy atom. The molecule has 3 heterocycles. The van der Waals surface area contributed by atoms with Crippen LogP contribution >= 0.6 is 11.3 Å². The number of benzene rings is 1. The summed E-state index contributed by atoms with van der Waals surface area (Å²) in [4.78, 5) is 37.6. The highest BCUT2D eigenvalue weighted by Gasteiger charge is 2.20. The number of hydrogen-bond donors (Lipinski definition) is 3. The van der Waals surface area contributed by atoms with Crippen LogP contribution in [0.4, 0.5) is 11.6 Å². The Morgan fingerprint density at radius 2 is 2.03 bits per heavy atom. The summed E-state index contributed by atoms with van der Waals surface area (Å²) in [6, 6.07) is 7.87. The fourth-order valence-corrected chi connectivity index (χ4v) is 4.58. The molecular formula is C27H32N8O2S. The highest BCUT2D eigenvalue weighted by atomic mass is 32.1. The van der Waals surface area contributed by atoms with Gasteiger partial charge < -0.3 is 21.2 Å². The number of carbonyl (C=O) groups excluding carboxylic acids is 2. The number of anilines is 2. The van der Waals surface area contributed by atoms with Gasteiger partial charge in [0.1, 0.15) is 11.2 Å². The number of rotatable bonds is 10. The molecule has 1 atom stereocenters. The van der Waals surface area contributed by atoms with Crippen molar-refractivity contribution in [1.82, 2.24) is 30.0 Å². The normalized spacial score (nSPS) is 12.2. The molecule has 1 amide bonds. The summed E-state index contributed by atoms with van der Waals surface area (Å²) >= 11 is 1.43. The molecule has 38 heavy (non-hydrogen) atoms. The first-order valence-corrected chi connectivity index (χ1v) is 13.1. The molecule has 0 radical (unpaired) electrons. The van der Waals surface area contributed by atoms with E-state index in [4.69, 9.17) is 5.73 Å². The summed E-state index contributed by atoms with van der Waals surface area (Å²) in [5.74, 6) is 0.0258. The van der Waals surface area contributed by atoms with Crippen molar-refractivity contribution in [3.63, 3.8) is 0 Å². The van der Waals surface area contributed by atoms with Gasteiger partial charge in [-0.05, 0) is 30.2 Å². The van der Waals surface area contributed by atoms with Gasteiger partial charge in [0.05, 0.1) is 35.3 Å². The first kappa shape index (κ1) is 27.1. The van der Waals surface area contributed by atoms with E-state index in [1.807, 2.05) is 31.2 Å². The summed E-state index contributed by atoms with van der Waals surface area (Å²) in [6.07, 6.45) is 7.61. The van der Waals surface area contributed by atoms with Gasteiger partial charge in [-0.3, -0.25) is 9.48 Å². The van der Waals surface area contributed by atoms with E-state index in [0.717, 1.165) is 33.7 Å². The lowest BCUT2D eigenvalue weighted by atomic mass is 9.98. The second-order valence-electron chi connectivity index (χ2n) is 10.1. The summed E-state index contributed by atoms with van der Waals surface area (Å²) in [7, 11) is 0. The summed E-state index contributed by atoms with van der Waals surface area (Å²) in [6.45, 7) is 9.36. The van der Waals surface area contributed by atoms with Gasteiger partial charge in [0, 0.05) is 42.4 Å². The molecule has 0 saturated carbocycles. The molecule has 3 aromatic heterocycles. The molecule has 0 unspecified atom stereocenters. The number of nitrogens with zero attached hydrogens (tertiary/aromatic N) is 5. The smallest absolute Gasteiger partial charge is 0.263 e. The summed E-state index contributed by atoms with van der Waals surface area (Å²) in [5.41, 5.74) is 9.98. The largest absolute Gasteiger partial charge is 0.347 e. The highest BCUT2D eigenvalue weighted by molar-refractivity contribution is 7.13. The molecule has 0 aliphatic heterocycles. The highest BCUT2D eigenvalue weighted by Crippen LogP contribution is 2.27. The van der Waals surface area contributed by atoms with Crippen molar-refractivity contribution < 1.29 is 9.59 Å². The molecule has 1 aromatic carbocycles. The fourth-order valence-electron chi connectivity index (χ4n) is 3.69. The van der Waals surface area contributed by atoms with E-state index in [1.54, 1.807) is 29.5 Å². The number of amides is 1. The van der Waals surface area contributed by atoms with Crippen molar-refractivity contribution in [3.8, 4) is 11.3 Å². The zero-order valence-electron chi connectivity index (χ0n) is 21.9. The van der Waals surface area contributed by atoms with Crippen LogP contribution in [0.3, 0.4) is 0 Å². The summed E-state index contributed by atoms with van der Waals surface area (Å²) < 4.78 is 1.66. The SMILES string of the molecule is Cc1cc(-c2ccnc(Nc3cnn(C[C@@H](C=O)CN)c3)n2)ccc1CNC(=O)c1cnc(C(C)(C)C)s1. The van der Waals surface area contributed by atoms with E-state index in [0.29, 0.717) is 29.6 Å². The van der Waals surface area contributed by atoms with Gasteiger partial charge in [-0.1, -0.05) is 32.9 Å². The van der Waals surface area contributed by atoms with Crippen LogP contribution in [-0.4, -0.2) is 43.5 Å². The number of aromatic nitrogens is 5. The lowest BCUT2D eigenvalue weighted by Gasteiger charge is -2.13. The third-order valence-electron chi connectivity index (χ3n) is 5.91. The van der Waals surface area contributed by atoms with E-state index in [1.165, 1.54) is 11.3 Å². The predicted molar refractivity (Wildman–Crippen MR) is 148 cm³/mol. The maximum Gasteiger partial charge on any atom is 0.263 e. The Balaban J connectivity index is 1.40. The van der Waals surface area contributed by atoms with E-state index in [9.17, 15) is 9.59 Å². The molecule has 0 fully saturated rings. The molecular weight excluding hydrogens is 500 g/mol. The van der Waals surface area contributed by atoms with Crippen LogP contribution in [0.25, 0.3) is 11.3 Å². The molecule has 4 aromatic rings. The van der Waals surface area contributed by atoms with Crippen LogP contribution in [0.2, 0.25) is 0 Å². The monoisotopic (exact) mass is 532 g/mol. The van der Waals surface area contributed by atoms with Crippen LogP contribution in [0.1, 0.15) is 46.6 Å². The van der Waals surface area contributed by atoms with Crippen molar-refractivity contribution in [2.75, 3.05) is 11.9 Å². The fraction of sp³-hybridized carbons (Fsp3) is 0.333. The molecule has 0 spiro atoms. The van der Waals surface area contributed by atoms with Crippen molar-refractivity contribution in [2.24, 2.45) is 11.7 Å². The minimum absolute atomic E-state index is 0.0841. The molecule has 4 rings (SSSR count). The number of aryl methyl sites for hydroxylation is 1. The number of hydrogen-bond acceptors (Lipinski definition) is 9. The Kier molecular flexibility index (Phi) is 8.28. The third-order valence-corrected chi connectivity index (χ3v) is 7.33. The number of nitrogens with one attached hydrogen (secondary N) is 2. The third kappa shape index (κ3) is 6.67. The number of thiazole rings is 1. The van der Waals surface area contributed by atoms with E-state index >= 15 is 0 Å². The average molecular weight is 533 g/mol. The summed E-state index contributed by atoms with van der Waals surface area (Å²) in [5, 5.41) is 11.4. The average Bonchev–Trinajstić information content (AvgIpc) is 3.56. The minimum Gasteiger partial charge on any atom is -0.347 e. The molecule has 10 nitrogen and oxygen atoms in total. The van der Waals surface area contributed by atoms with Crippen molar-refractivity contribution >= 4 is 35.2 Å². The maximum absolute atomic E-state index is 12.6. The van der Waals surface area contributed by atoms with E-state index < -0.39 is 0 Å². The number of aldehydes is 1. The van der Waals surface area contributed by atoms with Crippen LogP contribution < -0.4 is 16.4 Å². The van der Waals surface area contributed by atoms with Gasteiger partial charge in [0.15, 0.2) is 0 Å². The number of carbonyl (C=O) groups is 2. The Hall–Kier alpha value is -3.96. The molecule has 4 N–H and O–H groups in total. The molecule has 0 bridgehead atoms. The van der Waals surface area contributed by atoms with Crippen LogP contribution in [0, 0.1) is 12.8 Å². The van der Waals surface area contributed by atoms with Gasteiger partial charge in [-0.2, -0.15) is 5.10 Å². The zero-order chi connectivity index (χ0) is 27.3. The Morgan fingerprint density at radius 3 is 2.71 bits per heavy atom. The predicted octanol–water partition coefficient (Wildman–Crippen LogP) is 3.85. The van der Waals surface area contributed by atoms with Gasteiger partial charge in [-0.15, -0.1) is 11.3 Å². The zero-order valence-corrected chi connectivity index (χ0v) is 22.7. The second-order valence-corrected chi connectivity index (χ2v) is 11.1. The van der Waals surface area contributed by atoms with Crippen LogP contribution in [0.15, 0.2) is 49.1 Å². The molecule has 0 aliphatic rings. The van der Waals surface area contributed by atoms with Crippen molar-refractivity contribution in [2.45, 2.75) is 46.2 Å². The van der Waals surface area contributed by atoms with Crippen molar-refractivity contribution in [1.29, 1.82) is 0 Å². The van der Waals surface area contributed by atoms with E-state index in [2.05, 4.69) is 51.5 Å². The molecule has 198 valence electrons. The van der Waals surface area contributed by atoms with Gasteiger partial charge in [-0.25, -0.2) is 15.0 Å². The molecule has 0 aliphatic carbocycles. The van der Waals surface area contributed by atoms with E-state index in [-0.39, 0.29) is 23.8 Å². The quantitative estimate of drug-likeness (QED) is 0.262. The second kappa shape index (κ2) is 11.6. The lowest BCUT2D eigenvalue weighted by Crippen LogP contribution is -2.22. The van der Waals surface area contributed by atoms with Crippen molar-refractivity contribution in [3.05, 3.63) is 70.1 Å². The van der Waals surface area contributed by atoms with Gasteiger partial charge in [0.2, 0.25) is 5.95 Å². The first-order chi connectivity index (χ1) is 18.2.